The molecule has 2 N–H and O–H groups in total. The van der Waals surface area contributed by atoms with Gasteiger partial charge in [0, 0.05) is 25.2 Å². The van der Waals surface area contributed by atoms with E-state index >= 15 is 0 Å². The fourth-order valence-electron chi connectivity index (χ4n) is 5.13. The molecule has 9 heteroatoms. The Hall–Kier alpha value is -4.71. The van der Waals surface area contributed by atoms with Crippen LogP contribution in [-0.4, -0.2) is 43.6 Å². The molecular weight excluding hydrogens is 490 g/mol. The average Bonchev–Trinajstić information content (AvgIpc) is 3.72. The molecule has 1 unspecified atom stereocenters. The molecule has 9 nitrogen and oxygen atoms in total. The number of amides is 1. The Balaban J connectivity index is 1.24. The third-order valence-electron chi connectivity index (χ3n) is 7.28. The number of benzene rings is 2. The van der Waals surface area contributed by atoms with Gasteiger partial charge in [0.15, 0.2) is 5.65 Å². The van der Waals surface area contributed by atoms with Crippen LogP contribution in [0.15, 0.2) is 72.6 Å². The first-order chi connectivity index (χ1) is 19.1. The van der Waals surface area contributed by atoms with Crippen LogP contribution in [0, 0.1) is 23.2 Å². The highest BCUT2D eigenvalue weighted by atomic mass is 16.5. The molecule has 2 fully saturated rings. The maximum absolute atomic E-state index is 13.0. The summed E-state index contributed by atoms with van der Waals surface area (Å²) in [5.41, 5.74) is 8.83. The van der Waals surface area contributed by atoms with Crippen LogP contribution in [0.25, 0.3) is 22.3 Å². The topological polar surface area (TPSA) is 123 Å². The molecule has 0 radical (unpaired) electrons. The Kier molecular flexibility index (Phi) is 6.68. The van der Waals surface area contributed by atoms with E-state index in [1.54, 1.807) is 0 Å². The number of carbonyl (C=O) groups excluding carboxylic acids is 1. The van der Waals surface area contributed by atoms with E-state index < -0.39 is 0 Å². The van der Waals surface area contributed by atoms with Crippen molar-refractivity contribution in [3.63, 3.8) is 0 Å². The monoisotopic (exact) mass is 519 g/mol. The van der Waals surface area contributed by atoms with Crippen LogP contribution >= 0.6 is 0 Å². The second-order valence-corrected chi connectivity index (χ2v) is 10.2. The van der Waals surface area contributed by atoms with Crippen LogP contribution < -0.4 is 10.5 Å². The van der Waals surface area contributed by atoms with Crippen LogP contribution in [0.5, 0.6) is 11.5 Å². The number of nitrogens with two attached hydrogens (primary N) is 1. The highest BCUT2D eigenvalue weighted by Gasteiger charge is 2.29. The highest BCUT2D eigenvalue weighted by Crippen LogP contribution is 2.34. The smallest absolute Gasteiger partial charge is 0.264 e. The zero-order valence-electron chi connectivity index (χ0n) is 21.5. The number of nitrogen functional groups attached to an aromatic ring is 1. The lowest BCUT2D eigenvalue weighted by Gasteiger charge is -2.32. The molecule has 1 amide bonds. The molecule has 1 atom stereocenters. The number of aromatic nitrogens is 4. The fourth-order valence-corrected chi connectivity index (χ4v) is 5.13. The molecule has 4 aromatic rings. The SMILES string of the molecule is N#CC(=CC1CC1)C(=O)N1CCCC(Cn2nc(-c3ccc(Oc4ccccc4)cc3)c3c(N)ncnc32)C1. The predicted molar refractivity (Wildman–Crippen MR) is 147 cm³/mol. The molecule has 2 aromatic heterocycles. The first-order valence-corrected chi connectivity index (χ1v) is 13.3. The van der Waals surface area contributed by atoms with Crippen molar-refractivity contribution in [3.8, 4) is 28.8 Å². The number of rotatable bonds is 7. The minimum atomic E-state index is -0.163. The fraction of sp³-hybridized carbons (Fsp3) is 0.300. The highest BCUT2D eigenvalue weighted by molar-refractivity contribution is 5.98. The van der Waals surface area contributed by atoms with E-state index in [1.165, 1.54) is 6.33 Å². The third-order valence-corrected chi connectivity index (χ3v) is 7.28. The molecule has 0 bridgehead atoms. The quantitative estimate of drug-likeness (QED) is 0.270. The van der Waals surface area contributed by atoms with Gasteiger partial charge in [-0.1, -0.05) is 24.3 Å². The summed E-state index contributed by atoms with van der Waals surface area (Å²) >= 11 is 0. The number of anilines is 1. The van der Waals surface area contributed by atoms with E-state index in [9.17, 15) is 10.1 Å². The van der Waals surface area contributed by atoms with Gasteiger partial charge in [-0.15, -0.1) is 0 Å². The first-order valence-electron chi connectivity index (χ1n) is 13.3. The minimum absolute atomic E-state index is 0.163. The summed E-state index contributed by atoms with van der Waals surface area (Å²) in [6.45, 7) is 1.82. The van der Waals surface area contributed by atoms with Crippen molar-refractivity contribution in [1.29, 1.82) is 5.26 Å². The predicted octanol–water partition coefficient (Wildman–Crippen LogP) is 4.97. The lowest BCUT2D eigenvalue weighted by molar-refractivity contribution is -0.128. The van der Waals surface area contributed by atoms with Gasteiger partial charge in [-0.2, -0.15) is 10.4 Å². The largest absolute Gasteiger partial charge is 0.457 e. The Morgan fingerprint density at radius 3 is 2.59 bits per heavy atom. The summed E-state index contributed by atoms with van der Waals surface area (Å²) in [5.74, 6) is 2.25. The Bertz CT molecular complexity index is 1570. The number of nitrogens with zero attached hydrogens (tertiary/aromatic N) is 6. The van der Waals surface area contributed by atoms with Crippen molar-refractivity contribution in [2.45, 2.75) is 32.2 Å². The van der Waals surface area contributed by atoms with Crippen molar-refractivity contribution in [1.82, 2.24) is 24.6 Å². The number of likely N-dealkylation sites (tertiary alicyclic amines) is 1. The molecule has 0 spiro atoms. The minimum Gasteiger partial charge on any atom is -0.457 e. The third kappa shape index (κ3) is 5.32. The van der Waals surface area contributed by atoms with E-state index in [2.05, 4.69) is 16.0 Å². The number of fused-ring (bicyclic) bond motifs is 1. The number of ether oxygens (including phenoxy) is 1. The lowest BCUT2D eigenvalue weighted by Crippen LogP contribution is -2.41. The first kappa shape index (κ1) is 24.6. The maximum Gasteiger partial charge on any atom is 0.264 e. The van der Waals surface area contributed by atoms with Gasteiger partial charge >= 0.3 is 0 Å². The molecule has 2 aromatic carbocycles. The Labute approximate surface area is 226 Å². The van der Waals surface area contributed by atoms with E-state index in [0.29, 0.717) is 48.1 Å². The van der Waals surface area contributed by atoms with Crippen molar-refractivity contribution >= 4 is 22.8 Å². The number of hydrogen-bond donors (Lipinski definition) is 1. The van der Waals surface area contributed by atoms with Crippen molar-refractivity contribution in [2.75, 3.05) is 18.8 Å². The molecule has 196 valence electrons. The average molecular weight is 520 g/mol. The summed E-state index contributed by atoms with van der Waals surface area (Å²) in [6.07, 6.45) is 7.25. The standard InChI is InChI=1S/C30H29N7O2/c31-16-23(15-20-8-9-20)30(38)36-14-4-5-21(17-36)18-37-29-26(28(32)33-19-34-29)27(35-37)22-10-12-25(13-11-22)39-24-6-2-1-3-7-24/h1-3,6-7,10-13,15,19-21H,4-5,8-9,14,17-18H2,(H2,32,33,34). The van der Waals surface area contributed by atoms with Crippen LogP contribution in [0.3, 0.4) is 0 Å². The van der Waals surface area contributed by atoms with Crippen LogP contribution in [0.4, 0.5) is 5.82 Å². The van der Waals surface area contributed by atoms with Crippen molar-refractivity contribution in [2.24, 2.45) is 11.8 Å². The van der Waals surface area contributed by atoms with Crippen LogP contribution in [0.1, 0.15) is 25.7 Å². The molecule has 1 aliphatic carbocycles. The summed E-state index contributed by atoms with van der Waals surface area (Å²) in [4.78, 5) is 23.6. The molecule has 1 saturated heterocycles. The van der Waals surface area contributed by atoms with Gasteiger partial charge < -0.3 is 15.4 Å². The van der Waals surface area contributed by atoms with Crippen molar-refractivity contribution < 1.29 is 9.53 Å². The van der Waals surface area contributed by atoms with Crippen LogP contribution in [-0.2, 0) is 11.3 Å². The normalized spacial score (nSPS) is 17.7. The van der Waals surface area contributed by atoms with Crippen LogP contribution in [0.2, 0.25) is 0 Å². The summed E-state index contributed by atoms with van der Waals surface area (Å²) in [5, 5.41) is 15.2. The second kappa shape index (κ2) is 10.6. The zero-order chi connectivity index (χ0) is 26.8. The Morgan fingerprint density at radius 1 is 1.08 bits per heavy atom. The zero-order valence-corrected chi connectivity index (χ0v) is 21.5. The lowest BCUT2D eigenvalue weighted by atomic mass is 9.97. The second-order valence-electron chi connectivity index (χ2n) is 10.2. The van der Waals surface area contributed by atoms with Gasteiger partial charge in [0.1, 0.15) is 41.0 Å². The van der Waals surface area contributed by atoms with Gasteiger partial charge in [-0.3, -0.25) is 4.79 Å². The summed E-state index contributed by atoms with van der Waals surface area (Å²) in [6, 6.07) is 19.5. The Morgan fingerprint density at radius 2 is 1.85 bits per heavy atom. The van der Waals surface area contributed by atoms with E-state index in [0.717, 1.165) is 42.7 Å². The van der Waals surface area contributed by atoms with Gasteiger partial charge in [0.2, 0.25) is 0 Å². The van der Waals surface area contributed by atoms with Gasteiger partial charge in [-0.25, -0.2) is 14.6 Å². The van der Waals surface area contributed by atoms with E-state index in [4.69, 9.17) is 15.6 Å². The molecule has 6 rings (SSSR count). The number of allylic oxidation sites excluding steroid dienone is 1. The van der Waals surface area contributed by atoms with Gasteiger partial charge in [-0.05, 0) is 73.9 Å². The molecular formula is C30H29N7O2. The number of piperidine rings is 1. The number of hydrogen-bond acceptors (Lipinski definition) is 7. The summed E-state index contributed by atoms with van der Waals surface area (Å²) < 4.78 is 7.81. The summed E-state index contributed by atoms with van der Waals surface area (Å²) in [7, 11) is 0. The molecule has 1 saturated carbocycles. The molecule has 1 aliphatic heterocycles. The van der Waals surface area contributed by atoms with E-state index in [1.807, 2.05) is 70.3 Å². The number of nitriles is 1. The van der Waals surface area contributed by atoms with Gasteiger partial charge in [0.05, 0.1) is 5.39 Å². The molecule has 3 heterocycles. The number of para-hydroxylation sites is 1. The van der Waals surface area contributed by atoms with Crippen molar-refractivity contribution in [3.05, 3.63) is 72.6 Å². The number of carbonyl (C=O) groups is 1. The van der Waals surface area contributed by atoms with E-state index in [-0.39, 0.29) is 17.4 Å². The molecule has 2 aliphatic rings. The molecule has 39 heavy (non-hydrogen) atoms. The maximum atomic E-state index is 13.0. The van der Waals surface area contributed by atoms with Gasteiger partial charge in [0.25, 0.3) is 5.91 Å².